The highest BCUT2D eigenvalue weighted by molar-refractivity contribution is 5.88. The van der Waals surface area contributed by atoms with Crippen LogP contribution in [0, 0.1) is 5.92 Å². The molecule has 2 aromatic rings. The van der Waals surface area contributed by atoms with Crippen molar-refractivity contribution in [1.82, 2.24) is 25.1 Å². The molecule has 0 aromatic carbocycles. The summed E-state index contributed by atoms with van der Waals surface area (Å²) in [5, 5.41) is 10.4. The van der Waals surface area contributed by atoms with E-state index in [1.165, 1.54) is 6.42 Å². The topological polar surface area (TPSA) is 88.0 Å². The highest BCUT2D eigenvalue weighted by atomic mass is 16.2. The van der Waals surface area contributed by atoms with Gasteiger partial charge in [0.1, 0.15) is 11.6 Å². The van der Waals surface area contributed by atoms with Crippen LogP contribution in [0.4, 0.5) is 16.4 Å². The molecular weight excluding hydrogens is 354 g/mol. The summed E-state index contributed by atoms with van der Waals surface area (Å²) < 4.78 is 1.90. The minimum absolute atomic E-state index is 0.160. The van der Waals surface area contributed by atoms with Gasteiger partial charge in [-0.15, -0.1) is 0 Å². The minimum Gasteiger partial charge on any atom is -0.355 e. The molecule has 3 heterocycles. The standard InChI is InChI=1S/C20H27N7O/c28-20(24-17-7-12-26(13-8-17)19-14-21-10-11-22-19)25-18-6-9-23-27(18)15-16-4-2-1-3-5-16/h1-2,6,9-11,14,16-17H,3-5,7-8,12-13,15H2,(H2,24,25,28)/t16-/m0/s1. The van der Waals surface area contributed by atoms with Gasteiger partial charge in [0.15, 0.2) is 0 Å². The van der Waals surface area contributed by atoms with E-state index < -0.39 is 0 Å². The van der Waals surface area contributed by atoms with Gasteiger partial charge in [0.25, 0.3) is 0 Å². The zero-order valence-corrected chi connectivity index (χ0v) is 16.0. The second-order valence-corrected chi connectivity index (χ2v) is 7.47. The van der Waals surface area contributed by atoms with Crippen LogP contribution in [-0.2, 0) is 6.54 Å². The molecule has 2 N–H and O–H groups in total. The van der Waals surface area contributed by atoms with Gasteiger partial charge in [0.2, 0.25) is 0 Å². The molecule has 0 bridgehead atoms. The number of allylic oxidation sites excluding steroid dienone is 2. The maximum absolute atomic E-state index is 12.5. The van der Waals surface area contributed by atoms with E-state index in [1.54, 1.807) is 24.8 Å². The molecule has 8 nitrogen and oxygen atoms in total. The lowest BCUT2D eigenvalue weighted by molar-refractivity contribution is 0.245. The quantitative estimate of drug-likeness (QED) is 0.778. The van der Waals surface area contributed by atoms with Crippen molar-refractivity contribution >= 4 is 17.7 Å². The number of hydrogen-bond acceptors (Lipinski definition) is 5. The fraction of sp³-hybridized carbons (Fsp3) is 0.500. The number of anilines is 2. The Kier molecular flexibility index (Phi) is 5.84. The lowest BCUT2D eigenvalue weighted by Gasteiger charge is -2.32. The van der Waals surface area contributed by atoms with Crippen molar-refractivity contribution in [3.63, 3.8) is 0 Å². The molecule has 0 radical (unpaired) electrons. The molecule has 0 unspecified atom stereocenters. The lowest BCUT2D eigenvalue weighted by atomic mass is 9.94. The van der Waals surface area contributed by atoms with E-state index in [9.17, 15) is 4.79 Å². The Morgan fingerprint density at radius 3 is 2.79 bits per heavy atom. The van der Waals surface area contributed by atoms with E-state index in [2.05, 4.69) is 42.8 Å². The third-order valence-corrected chi connectivity index (χ3v) is 5.47. The fourth-order valence-corrected chi connectivity index (χ4v) is 3.90. The van der Waals surface area contributed by atoms with Crippen LogP contribution in [0.2, 0.25) is 0 Å². The Balaban J connectivity index is 1.25. The summed E-state index contributed by atoms with van der Waals surface area (Å²) in [5.74, 6) is 2.23. The highest BCUT2D eigenvalue weighted by Crippen LogP contribution is 2.21. The van der Waals surface area contributed by atoms with Crippen LogP contribution in [0.15, 0.2) is 43.0 Å². The van der Waals surface area contributed by atoms with Crippen molar-refractivity contribution in [3.8, 4) is 0 Å². The van der Waals surface area contributed by atoms with E-state index in [0.717, 1.165) is 57.0 Å². The number of urea groups is 1. The molecular formula is C20H27N7O. The first kappa shape index (κ1) is 18.5. The van der Waals surface area contributed by atoms with Gasteiger partial charge in [-0.05, 0) is 38.0 Å². The Morgan fingerprint density at radius 2 is 2.04 bits per heavy atom. The molecule has 2 aliphatic rings. The van der Waals surface area contributed by atoms with Gasteiger partial charge in [0.05, 0.1) is 12.4 Å². The first-order chi connectivity index (χ1) is 13.8. The number of nitrogens with one attached hydrogen (secondary N) is 2. The van der Waals surface area contributed by atoms with Crippen LogP contribution in [0.5, 0.6) is 0 Å². The smallest absolute Gasteiger partial charge is 0.320 e. The van der Waals surface area contributed by atoms with E-state index >= 15 is 0 Å². The summed E-state index contributed by atoms with van der Waals surface area (Å²) in [6, 6.07) is 1.85. The second kappa shape index (κ2) is 8.86. The molecule has 1 aliphatic heterocycles. The Labute approximate surface area is 165 Å². The molecule has 1 saturated heterocycles. The van der Waals surface area contributed by atoms with Crippen molar-refractivity contribution in [2.24, 2.45) is 5.92 Å². The number of hydrogen-bond donors (Lipinski definition) is 2. The molecule has 1 atom stereocenters. The molecule has 148 valence electrons. The predicted octanol–water partition coefficient (Wildman–Crippen LogP) is 2.82. The molecule has 2 amide bonds. The maximum Gasteiger partial charge on any atom is 0.320 e. The van der Waals surface area contributed by atoms with E-state index in [4.69, 9.17) is 0 Å². The Bertz CT molecular complexity index is 796. The number of carbonyl (C=O) groups is 1. The normalized spacial score (nSPS) is 20.1. The number of piperidine rings is 1. The number of aromatic nitrogens is 4. The van der Waals surface area contributed by atoms with Gasteiger partial charge in [0, 0.05) is 44.1 Å². The summed E-state index contributed by atoms with van der Waals surface area (Å²) >= 11 is 0. The average molecular weight is 381 g/mol. The van der Waals surface area contributed by atoms with Crippen molar-refractivity contribution in [3.05, 3.63) is 43.0 Å². The van der Waals surface area contributed by atoms with Crippen LogP contribution in [0.3, 0.4) is 0 Å². The number of carbonyl (C=O) groups excluding carboxylic acids is 1. The van der Waals surface area contributed by atoms with Crippen molar-refractivity contribution in [2.75, 3.05) is 23.3 Å². The number of rotatable bonds is 5. The van der Waals surface area contributed by atoms with Gasteiger partial charge in [-0.25, -0.2) is 14.5 Å². The second-order valence-electron chi connectivity index (χ2n) is 7.47. The van der Waals surface area contributed by atoms with Crippen LogP contribution >= 0.6 is 0 Å². The zero-order chi connectivity index (χ0) is 19.2. The third-order valence-electron chi connectivity index (χ3n) is 5.47. The summed E-state index contributed by atoms with van der Waals surface area (Å²) in [4.78, 5) is 23.1. The monoisotopic (exact) mass is 381 g/mol. The molecule has 4 rings (SSSR count). The summed E-state index contributed by atoms with van der Waals surface area (Å²) in [6.07, 6.45) is 16.5. The SMILES string of the molecule is O=C(Nc1ccnn1C[C@H]1CC=CCC1)NC1CCN(c2cnccn2)CC1. The van der Waals surface area contributed by atoms with Gasteiger partial charge >= 0.3 is 6.03 Å². The van der Waals surface area contributed by atoms with Crippen molar-refractivity contribution in [1.29, 1.82) is 0 Å². The van der Waals surface area contributed by atoms with Crippen molar-refractivity contribution < 1.29 is 4.79 Å². The lowest BCUT2D eigenvalue weighted by Crippen LogP contribution is -2.46. The first-order valence-electron chi connectivity index (χ1n) is 10.0. The van der Waals surface area contributed by atoms with Crippen LogP contribution in [0.25, 0.3) is 0 Å². The fourth-order valence-electron chi connectivity index (χ4n) is 3.90. The molecule has 8 heteroatoms. The largest absolute Gasteiger partial charge is 0.355 e. The number of nitrogens with zero attached hydrogens (tertiary/aromatic N) is 5. The molecule has 2 aromatic heterocycles. The number of amides is 2. The molecule has 0 spiro atoms. The van der Waals surface area contributed by atoms with Gasteiger partial charge in [-0.3, -0.25) is 10.3 Å². The Morgan fingerprint density at radius 1 is 1.14 bits per heavy atom. The van der Waals surface area contributed by atoms with E-state index in [-0.39, 0.29) is 12.1 Å². The predicted molar refractivity (Wildman–Crippen MR) is 108 cm³/mol. The van der Waals surface area contributed by atoms with Crippen LogP contribution in [-0.4, -0.2) is 44.9 Å². The molecule has 0 saturated carbocycles. The summed E-state index contributed by atoms with van der Waals surface area (Å²) in [7, 11) is 0. The minimum atomic E-state index is -0.164. The van der Waals surface area contributed by atoms with Crippen molar-refractivity contribution in [2.45, 2.75) is 44.7 Å². The van der Waals surface area contributed by atoms with Gasteiger partial charge in [-0.1, -0.05) is 12.2 Å². The zero-order valence-electron chi connectivity index (χ0n) is 16.0. The Hall–Kier alpha value is -2.90. The first-order valence-corrected chi connectivity index (χ1v) is 10.0. The summed E-state index contributed by atoms with van der Waals surface area (Å²) in [5.41, 5.74) is 0. The summed E-state index contributed by atoms with van der Waals surface area (Å²) in [6.45, 7) is 2.55. The van der Waals surface area contributed by atoms with Gasteiger partial charge in [-0.2, -0.15) is 5.10 Å². The van der Waals surface area contributed by atoms with Gasteiger partial charge < -0.3 is 10.2 Å². The highest BCUT2D eigenvalue weighted by Gasteiger charge is 2.22. The molecule has 1 fully saturated rings. The molecule has 28 heavy (non-hydrogen) atoms. The van der Waals surface area contributed by atoms with Crippen LogP contribution in [0.1, 0.15) is 32.1 Å². The van der Waals surface area contributed by atoms with Crippen LogP contribution < -0.4 is 15.5 Å². The third kappa shape index (κ3) is 4.68. The molecule has 1 aliphatic carbocycles. The van der Waals surface area contributed by atoms with E-state index in [0.29, 0.717) is 5.92 Å². The maximum atomic E-state index is 12.5. The average Bonchev–Trinajstić information content (AvgIpc) is 3.16. The van der Waals surface area contributed by atoms with E-state index in [1.807, 2.05) is 10.7 Å².